The molecule has 0 saturated heterocycles. The van der Waals surface area contributed by atoms with Gasteiger partial charge in [0.25, 0.3) is 0 Å². The first kappa shape index (κ1) is 12.3. The predicted molar refractivity (Wildman–Crippen MR) is 64.7 cm³/mol. The second kappa shape index (κ2) is 4.86. The molecule has 1 N–H and O–H groups in total. The predicted octanol–water partition coefficient (Wildman–Crippen LogP) is 2.97. The number of ether oxygens (including phenoxy) is 1. The van der Waals surface area contributed by atoms with Crippen LogP contribution in [0.2, 0.25) is 0 Å². The lowest BCUT2D eigenvalue weighted by Gasteiger charge is -2.03. The van der Waals surface area contributed by atoms with Gasteiger partial charge in [-0.05, 0) is 35.0 Å². The molecule has 2 aromatic carbocycles. The van der Waals surface area contributed by atoms with Gasteiger partial charge in [-0.25, -0.2) is 4.79 Å². The van der Waals surface area contributed by atoms with Crippen molar-refractivity contribution in [3.05, 3.63) is 42.0 Å². The Morgan fingerprint density at radius 3 is 2.38 bits per heavy atom. The first-order valence-corrected chi connectivity index (χ1v) is 4.52. The zero-order valence-electron chi connectivity index (χ0n) is 8.64. The number of halogens is 1. The maximum Gasteiger partial charge on any atom is 0.335 e. The van der Waals surface area contributed by atoms with Crippen LogP contribution in [-0.4, -0.2) is 18.2 Å². The molecule has 0 radical (unpaired) electrons. The molecular formula is C12H11ClO3. The van der Waals surface area contributed by atoms with Gasteiger partial charge in [-0.1, -0.05) is 12.1 Å². The average Bonchev–Trinajstić information content (AvgIpc) is 2.27. The van der Waals surface area contributed by atoms with Gasteiger partial charge in [-0.2, -0.15) is 0 Å². The van der Waals surface area contributed by atoms with Crippen LogP contribution < -0.4 is 4.74 Å². The van der Waals surface area contributed by atoms with Crippen molar-refractivity contribution in [2.75, 3.05) is 7.11 Å². The van der Waals surface area contributed by atoms with Crippen molar-refractivity contribution in [2.45, 2.75) is 0 Å². The molecule has 0 saturated carbocycles. The molecule has 0 atom stereocenters. The second-order valence-electron chi connectivity index (χ2n) is 3.23. The minimum atomic E-state index is -0.910. The van der Waals surface area contributed by atoms with E-state index in [1.165, 1.54) is 0 Å². The van der Waals surface area contributed by atoms with Gasteiger partial charge in [0.15, 0.2) is 0 Å². The number of rotatable bonds is 2. The number of methoxy groups -OCH3 is 1. The molecule has 2 rings (SSSR count). The van der Waals surface area contributed by atoms with Gasteiger partial charge in [0.1, 0.15) is 5.75 Å². The van der Waals surface area contributed by atoms with Gasteiger partial charge in [0.2, 0.25) is 0 Å². The van der Waals surface area contributed by atoms with Crippen LogP contribution in [0.15, 0.2) is 36.4 Å². The fourth-order valence-corrected chi connectivity index (χ4v) is 1.48. The van der Waals surface area contributed by atoms with E-state index in [0.717, 1.165) is 16.5 Å². The number of fused-ring (bicyclic) bond motifs is 1. The largest absolute Gasteiger partial charge is 0.497 e. The van der Waals surface area contributed by atoms with E-state index >= 15 is 0 Å². The zero-order chi connectivity index (χ0) is 10.8. The Morgan fingerprint density at radius 2 is 1.75 bits per heavy atom. The van der Waals surface area contributed by atoms with Gasteiger partial charge in [-0.3, -0.25) is 0 Å². The summed E-state index contributed by atoms with van der Waals surface area (Å²) in [5.74, 6) is -0.140. The number of hydrogen-bond donors (Lipinski definition) is 1. The Kier molecular flexibility index (Phi) is 3.74. The highest BCUT2D eigenvalue weighted by atomic mass is 35.5. The number of benzene rings is 2. The van der Waals surface area contributed by atoms with Gasteiger partial charge >= 0.3 is 5.97 Å². The lowest BCUT2D eigenvalue weighted by molar-refractivity contribution is 0.0697. The molecule has 0 aromatic heterocycles. The Bertz CT molecular complexity index is 523. The van der Waals surface area contributed by atoms with Gasteiger partial charge < -0.3 is 9.84 Å². The van der Waals surface area contributed by atoms with Crippen molar-refractivity contribution < 1.29 is 14.6 Å². The third-order valence-corrected chi connectivity index (χ3v) is 2.29. The van der Waals surface area contributed by atoms with Crippen molar-refractivity contribution >= 4 is 29.1 Å². The number of hydrogen-bond acceptors (Lipinski definition) is 2. The van der Waals surface area contributed by atoms with Crippen LogP contribution in [-0.2, 0) is 0 Å². The summed E-state index contributed by atoms with van der Waals surface area (Å²) in [5, 5.41) is 10.7. The quantitative estimate of drug-likeness (QED) is 0.875. The summed E-state index contributed by atoms with van der Waals surface area (Å²) < 4.78 is 5.08. The lowest BCUT2D eigenvalue weighted by Crippen LogP contribution is -1.95. The summed E-state index contributed by atoms with van der Waals surface area (Å²) in [4.78, 5) is 10.7. The van der Waals surface area contributed by atoms with Crippen LogP contribution in [0.25, 0.3) is 10.8 Å². The average molecular weight is 239 g/mol. The molecule has 3 nitrogen and oxygen atoms in total. The van der Waals surface area contributed by atoms with Crippen molar-refractivity contribution in [1.82, 2.24) is 0 Å². The smallest absolute Gasteiger partial charge is 0.335 e. The van der Waals surface area contributed by atoms with Crippen molar-refractivity contribution in [2.24, 2.45) is 0 Å². The first-order valence-electron chi connectivity index (χ1n) is 4.52. The third-order valence-electron chi connectivity index (χ3n) is 2.29. The van der Waals surface area contributed by atoms with Crippen LogP contribution >= 0.6 is 12.4 Å². The monoisotopic (exact) mass is 238 g/mol. The van der Waals surface area contributed by atoms with Crippen LogP contribution in [0, 0.1) is 0 Å². The third kappa shape index (κ3) is 2.25. The van der Waals surface area contributed by atoms with E-state index in [0.29, 0.717) is 5.56 Å². The molecule has 2 aromatic rings. The number of carboxylic acids is 1. The van der Waals surface area contributed by atoms with E-state index in [4.69, 9.17) is 9.84 Å². The summed E-state index contributed by atoms with van der Waals surface area (Å²) in [6.45, 7) is 0. The van der Waals surface area contributed by atoms with E-state index in [1.54, 1.807) is 25.3 Å². The molecule has 0 bridgehead atoms. The summed E-state index contributed by atoms with van der Waals surface area (Å²) in [5.41, 5.74) is 0.299. The fraction of sp³-hybridized carbons (Fsp3) is 0.0833. The molecule has 0 aliphatic carbocycles. The van der Waals surface area contributed by atoms with Crippen molar-refractivity contribution in [3.8, 4) is 5.75 Å². The van der Waals surface area contributed by atoms with Gasteiger partial charge in [0.05, 0.1) is 12.7 Å². The summed E-state index contributed by atoms with van der Waals surface area (Å²) in [6.07, 6.45) is 0. The highest BCUT2D eigenvalue weighted by Gasteiger charge is 2.03. The Labute approximate surface area is 99.1 Å². The number of carbonyl (C=O) groups is 1. The summed E-state index contributed by atoms with van der Waals surface area (Å²) in [6, 6.07) is 10.6. The minimum absolute atomic E-state index is 0. The maximum atomic E-state index is 10.7. The number of aromatic carboxylic acids is 1. The topological polar surface area (TPSA) is 46.5 Å². The van der Waals surface area contributed by atoms with Crippen LogP contribution in [0.3, 0.4) is 0 Å². The van der Waals surface area contributed by atoms with Crippen molar-refractivity contribution in [1.29, 1.82) is 0 Å². The maximum absolute atomic E-state index is 10.7. The first-order chi connectivity index (χ1) is 7.20. The Balaban J connectivity index is 0.00000128. The minimum Gasteiger partial charge on any atom is -0.497 e. The second-order valence-corrected chi connectivity index (χ2v) is 3.23. The zero-order valence-corrected chi connectivity index (χ0v) is 9.45. The summed E-state index contributed by atoms with van der Waals surface area (Å²) >= 11 is 0. The molecule has 0 fully saturated rings. The molecule has 0 aliphatic heterocycles. The van der Waals surface area contributed by atoms with Crippen LogP contribution in [0.4, 0.5) is 0 Å². The van der Waals surface area contributed by atoms with Gasteiger partial charge in [-0.15, -0.1) is 12.4 Å². The SMILES string of the molecule is COc1ccc2cc(C(=O)O)ccc2c1.Cl. The standard InChI is InChI=1S/C12H10O3.ClH/c1-15-11-5-4-8-6-10(12(13)14)3-2-9(8)7-11;/h2-7H,1H3,(H,13,14);1H. The molecule has 16 heavy (non-hydrogen) atoms. The fourth-order valence-electron chi connectivity index (χ4n) is 1.48. The molecular weight excluding hydrogens is 228 g/mol. The van der Waals surface area contributed by atoms with E-state index in [2.05, 4.69) is 0 Å². The highest BCUT2D eigenvalue weighted by Crippen LogP contribution is 2.21. The molecule has 0 amide bonds. The van der Waals surface area contributed by atoms with E-state index in [1.807, 2.05) is 18.2 Å². The summed E-state index contributed by atoms with van der Waals surface area (Å²) in [7, 11) is 1.60. The molecule has 0 unspecified atom stereocenters. The van der Waals surface area contributed by atoms with Crippen LogP contribution in [0.5, 0.6) is 5.75 Å². The normalized spacial score (nSPS) is 9.56. The van der Waals surface area contributed by atoms with Crippen molar-refractivity contribution in [3.63, 3.8) is 0 Å². The molecule has 0 aliphatic rings. The molecule has 0 spiro atoms. The molecule has 4 heteroatoms. The Hall–Kier alpha value is -1.74. The van der Waals surface area contributed by atoms with Gasteiger partial charge in [0, 0.05) is 0 Å². The van der Waals surface area contributed by atoms with E-state index in [9.17, 15) is 4.79 Å². The van der Waals surface area contributed by atoms with Crippen LogP contribution in [0.1, 0.15) is 10.4 Å². The highest BCUT2D eigenvalue weighted by molar-refractivity contribution is 5.94. The number of carboxylic acid groups (broad SMARTS) is 1. The molecule has 84 valence electrons. The Morgan fingerprint density at radius 1 is 1.12 bits per heavy atom. The van der Waals surface area contributed by atoms with E-state index < -0.39 is 5.97 Å². The van der Waals surface area contributed by atoms with E-state index in [-0.39, 0.29) is 12.4 Å². The molecule has 0 heterocycles. The lowest BCUT2D eigenvalue weighted by atomic mass is 10.1.